The van der Waals surface area contributed by atoms with E-state index in [-0.39, 0.29) is 24.4 Å². The zero-order valence-electron chi connectivity index (χ0n) is 18.8. The summed E-state index contributed by atoms with van der Waals surface area (Å²) < 4.78 is 10.8. The van der Waals surface area contributed by atoms with Gasteiger partial charge in [-0.1, -0.05) is 25.5 Å². The summed E-state index contributed by atoms with van der Waals surface area (Å²) >= 11 is 0. The maximum Gasteiger partial charge on any atom is 0.251 e. The standard InChI is InChI=1S/C24H33N3O4/c1-5-6-15-31-21-13-9-19(10-14-21)24(29)26-17-23(28)25-16-22(27(2)3)18-7-11-20(30-4)12-8-18/h7-14,22H,5-6,15-17H2,1-4H3,(H,25,28)(H,26,29). The summed E-state index contributed by atoms with van der Waals surface area (Å²) in [6.07, 6.45) is 2.06. The molecule has 2 N–H and O–H groups in total. The Morgan fingerprint density at radius 3 is 2.19 bits per heavy atom. The molecular formula is C24H33N3O4. The maximum atomic E-state index is 12.3. The fraction of sp³-hybridized carbons (Fsp3) is 0.417. The molecule has 2 amide bonds. The van der Waals surface area contributed by atoms with Crippen molar-refractivity contribution in [2.75, 3.05) is 40.9 Å². The van der Waals surface area contributed by atoms with Gasteiger partial charge in [-0.2, -0.15) is 0 Å². The molecule has 2 rings (SSSR count). The third kappa shape index (κ3) is 7.94. The second-order valence-electron chi connectivity index (χ2n) is 7.47. The number of carbonyl (C=O) groups is 2. The third-order valence-electron chi connectivity index (χ3n) is 4.91. The highest BCUT2D eigenvalue weighted by Gasteiger charge is 2.16. The highest BCUT2D eigenvalue weighted by molar-refractivity contribution is 5.96. The molecule has 31 heavy (non-hydrogen) atoms. The molecule has 1 atom stereocenters. The van der Waals surface area contributed by atoms with Crippen molar-refractivity contribution in [2.45, 2.75) is 25.8 Å². The molecule has 0 heterocycles. The second kappa shape index (κ2) is 12.6. The van der Waals surface area contributed by atoms with E-state index in [1.165, 1.54) is 0 Å². The van der Waals surface area contributed by atoms with Crippen molar-refractivity contribution in [1.29, 1.82) is 0 Å². The van der Waals surface area contributed by atoms with Gasteiger partial charge in [-0.25, -0.2) is 0 Å². The van der Waals surface area contributed by atoms with Crippen LogP contribution in [0, 0.1) is 0 Å². The minimum Gasteiger partial charge on any atom is -0.497 e. The van der Waals surface area contributed by atoms with Crippen molar-refractivity contribution in [3.05, 3.63) is 59.7 Å². The van der Waals surface area contributed by atoms with Crippen LogP contribution in [0.5, 0.6) is 11.5 Å². The van der Waals surface area contributed by atoms with Crippen molar-refractivity contribution in [2.24, 2.45) is 0 Å². The van der Waals surface area contributed by atoms with Crippen LogP contribution in [0.1, 0.15) is 41.7 Å². The van der Waals surface area contributed by atoms with E-state index in [1.54, 1.807) is 31.4 Å². The molecule has 0 saturated heterocycles. The van der Waals surface area contributed by atoms with Crippen LogP contribution in [0.15, 0.2) is 48.5 Å². The number of ether oxygens (including phenoxy) is 2. The van der Waals surface area contributed by atoms with Gasteiger partial charge in [0.25, 0.3) is 5.91 Å². The molecular weight excluding hydrogens is 394 g/mol. The highest BCUT2D eigenvalue weighted by atomic mass is 16.5. The SMILES string of the molecule is CCCCOc1ccc(C(=O)NCC(=O)NCC(c2ccc(OC)cc2)N(C)C)cc1. The fourth-order valence-electron chi connectivity index (χ4n) is 3.00. The Kier molecular flexibility index (Phi) is 9.84. The van der Waals surface area contributed by atoms with Crippen molar-refractivity contribution < 1.29 is 19.1 Å². The van der Waals surface area contributed by atoms with E-state index in [2.05, 4.69) is 17.6 Å². The topological polar surface area (TPSA) is 79.9 Å². The Labute approximate surface area is 184 Å². The first-order chi connectivity index (χ1) is 14.9. The predicted octanol–water partition coefficient (Wildman–Crippen LogP) is 3.02. The summed E-state index contributed by atoms with van der Waals surface area (Å²) in [4.78, 5) is 26.6. The van der Waals surface area contributed by atoms with Gasteiger partial charge < -0.3 is 25.0 Å². The Bertz CT molecular complexity index is 820. The monoisotopic (exact) mass is 427 g/mol. The molecule has 7 heteroatoms. The number of hydrogen-bond donors (Lipinski definition) is 2. The summed E-state index contributed by atoms with van der Waals surface area (Å²) in [7, 11) is 5.54. The van der Waals surface area contributed by atoms with Gasteiger partial charge in [0.2, 0.25) is 5.91 Å². The van der Waals surface area contributed by atoms with Crippen LogP contribution in [-0.2, 0) is 4.79 Å². The summed E-state index contributed by atoms with van der Waals surface area (Å²) in [5.41, 5.74) is 1.55. The van der Waals surface area contributed by atoms with Crippen LogP contribution in [-0.4, -0.2) is 57.6 Å². The van der Waals surface area contributed by atoms with Gasteiger partial charge in [0, 0.05) is 12.1 Å². The average molecular weight is 428 g/mol. The van der Waals surface area contributed by atoms with Crippen molar-refractivity contribution in [3.8, 4) is 11.5 Å². The summed E-state index contributed by atoms with van der Waals surface area (Å²) in [5, 5.41) is 5.55. The molecule has 0 aliphatic heterocycles. The fourth-order valence-corrected chi connectivity index (χ4v) is 3.00. The van der Waals surface area contributed by atoms with Crippen molar-refractivity contribution >= 4 is 11.8 Å². The number of carbonyl (C=O) groups excluding carboxylic acids is 2. The van der Waals surface area contributed by atoms with Gasteiger partial charge in [-0.05, 0) is 62.5 Å². The minimum atomic E-state index is -0.297. The van der Waals surface area contributed by atoms with E-state index in [0.29, 0.717) is 18.7 Å². The van der Waals surface area contributed by atoms with Gasteiger partial charge in [-0.15, -0.1) is 0 Å². The molecule has 0 bridgehead atoms. The third-order valence-corrected chi connectivity index (χ3v) is 4.91. The lowest BCUT2D eigenvalue weighted by atomic mass is 10.1. The van der Waals surface area contributed by atoms with Crippen molar-refractivity contribution in [1.82, 2.24) is 15.5 Å². The van der Waals surface area contributed by atoms with E-state index in [1.807, 2.05) is 43.3 Å². The molecule has 0 fully saturated rings. The predicted molar refractivity (Wildman–Crippen MR) is 122 cm³/mol. The van der Waals surface area contributed by atoms with Crippen LogP contribution in [0.3, 0.4) is 0 Å². The van der Waals surface area contributed by atoms with E-state index >= 15 is 0 Å². The quantitative estimate of drug-likeness (QED) is 0.509. The molecule has 2 aromatic carbocycles. The molecule has 168 valence electrons. The Morgan fingerprint density at radius 2 is 1.61 bits per heavy atom. The molecule has 0 spiro atoms. The van der Waals surface area contributed by atoms with Crippen LogP contribution in [0.25, 0.3) is 0 Å². The number of nitrogens with zero attached hydrogens (tertiary/aromatic N) is 1. The van der Waals surface area contributed by atoms with Crippen LogP contribution < -0.4 is 20.1 Å². The lowest BCUT2D eigenvalue weighted by molar-refractivity contribution is -0.120. The number of unbranched alkanes of at least 4 members (excludes halogenated alkanes) is 1. The number of rotatable bonds is 12. The molecule has 1 unspecified atom stereocenters. The highest BCUT2D eigenvalue weighted by Crippen LogP contribution is 2.20. The van der Waals surface area contributed by atoms with E-state index in [0.717, 1.165) is 29.9 Å². The number of benzene rings is 2. The van der Waals surface area contributed by atoms with Gasteiger partial charge >= 0.3 is 0 Å². The molecule has 0 aliphatic rings. The Hall–Kier alpha value is -3.06. The van der Waals surface area contributed by atoms with Gasteiger partial charge in [-0.3, -0.25) is 9.59 Å². The maximum absolute atomic E-state index is 12.3. The molecule has 0 saturated carbocycles. The zero-order valence-corrected chi connectivity index (χ0v) is 18.8. The molecule has 0 aliphatic carbocycles. The molecule has 0 radical (unpaired) electrons. The first kappa shape index (κ1) is 24.2. The average Bonchev–Trinajstić information content (AvgIpc) is 2.78. The van der Waals surface area contributed by atoms with Crippen molar-refractivity contribution in [3.63, 3.8) is 0 Å². The largest absolute Gasteiger partial charge is 0.497 e. The summed E-state index contributed by atoms with van der Waals surface area (Å²) in [6.45, 7) is 3.10. The van der Waals surface area contributed by atoms with Crippen LogP contribution in [0.2, 0.25) is 0 Å². The number of nitrogens with one attached hydrogen (secondary N) is 2. The van der Waals surface area contributed by atoms with Gasteiger partial charge in [0.05, 0.1) is 26.3 Å². The zero-order chi connectivity index (χ0) is 22.6. The molecule has 0 aromatic heterocycles. The van der Waals surface area contributed by atoms with Crippen LogP contribution in [0.4, 0.5) is 0 Å². The molecule has 7 nitrogen and oxygen atoms in total. The summed E-state index contributed by atoms with van der Waals surface area (Å²) in [6, 6.07) is 14.7. The minimum absolute atomic E-state index is 0.00538. The lowest BCUT2D eigenvalue weighted by Crippen LogP contribution is -2.40. The Morgan fingerprint density at radius 1 is 0.968 bits per heavy atom. The van der Waals surface area contributed by atoms with E-state index in [4.69, 9.17) is 9.47 Å². The number of methoxy groups -OCH3 is 1. The normalized spacial score (nSPS) is 11.6. The molecule has 2 aromatic rings. The number of amides is 2. The lowest BCUT2D eigenvalue weighted by Gasteiger charge is -2.25. The first-order valence-electron chi connectivity index (χ1n) is 10.5. The van der Waals surface area contributed by atoms with Crippen LogP contribution >= 0.6 is 0 Å². The van der Waals surface area contributed by atoms with E-state index < -0.39 is 0 Å². The second-order valence-corrected chi connectivity index (χ2v) is 7.47. The smallest absolute Gasteiger partial charge is 0.251 e. The van der Waals surface area contributed by atoms with Gasteiger partial charge in [0.15, 0.2) is 0 Å². The van der Waals surface area contributed by atoms with Gasteiger partial charge in [0.1, 0.15) is 11.5 Å². The number of hydrogen-bond acceptors (Lipinski definition) is 5. The summed E-state index contributed by atoms with van der Waals surface area (Å²) in [5.74, 6) is 0.979. The number of likely N-dealkylation sites (N-methyl/N-ethyl adjacent to an activating group) is 1. The Balaban J connectivity index is 1.81. The van der Waals surface area contributed by atoms with E-state index in [9.17, 15) is 9.59 Å². The first-order valence-corrected chi connectivity index (χ1v) is 10.5.